The Bertz CT molecular complexity index is 715. The summed E-state index contributed by atoms with van der Waals surface area (Å²) in [5.74, 6) is 1.02. The Morgan fingerprint density at radius 2 is 1.95 bits per heavy atom. The predicted octanol–water partition coefficient (Wildman–Crippen LogP) is 4.21. The van der Waals surface area contributed by atoms with Crippen LogP contribution in [0.4, 0.5) is 13.2 Å². The Kier molecular flexibility index (Phi) is 3.69. The Morgan fingerprint density at radius 3 is 2.71 bits per heavy atom. The van der Waals surface area contributed by atoms with Gasteiger partial charge in [0.2, 0.25) is 0 Å². The number of halogens is 3. The molecule has 0 radical (unpaired) electrons. The van der Waals surface area contributed by atoms with E-state index in [1.165, 1.54) is 11.3 Å². The molecular formula is C14H11F3N2OS. The zero-order valence-electron chi connectivity index (χ0n) is 10.8. The minimum atomic E-state index is -4.22. The molecule has 3 aromatic rings. The molecule has 0 unspecified atom stereocenters. The molecule has 0 bridgehead atoms. The number of para-hydroxylation sites is 1. The number of benzene rings is 1. The average molecular weight is 312 g/mol. The van der Waals surface area contributed by atoms with E-state index >= 15 is 0 Å². The van der Waals surface area contributed by atoms with E-state index in [0.717, 1.165) is 15.2 Å². The third-order valence-corrected chi connectivity index (χ3v) is 3.84. The van der Waals surface area contributed by atoms with Gasteiger partial charge in [-0.3, -0.25) is 0 Å². The van der Waals surface area contributed by atoms with Crippen LogP contribution in [-0.4, -0.2) is 17.7 Å². The van der Waals surface area contributed by atoms with Crippen LogP contribution in [0.5, 0.6) is 0 Å². The van der Waals surface area contributed by atoms with Gasteiger partial charge in [-0.05, 0) is 24.3 Å². The summed E-state index contributed by atoms with van der Waals surface area (Å²) >= 11 is 1.49. The number of hydrogen-bond acceptors (Lipinski definition) is 4. The molecule has 0 aliphatic rings. The van der Waals surface area contributed by atoms with E-state index in [4.69, 9.17) is 4.42 Å². The number of hydrogen-bond donors (Lipinski definition) is 1. The van der Waals surface area contributed by atoms with Crippen molar-refractivity contribution in [3.63, 3.8) is 0 Å². The highest BCUT2D eigenvalue weighted by Gasteiger charge is 2.26. The zero-order chi connectivity index (χ0) is 14.9. The topological polar surface area (TPSA) is 38.1 Å². The molecule has 1 N–H and O–H groups in total. The molecule has 0 fully saturated rings. The largest absolute Gasteiger partial charge is 0.457 e. The Hall–Kier alpha value is -1.86. The molecule has 0 spiro atoms. The molecule has 0 saturated carbocycles. The average Bonchev–Trinajstić information content (AvgIpc) is 3.02. The predicted molar refractivity (Wildman–Crippen MR) is 75.1 cm³/mol. The SMILES string of the molecule is FC(F)(F)CNCc1ccc(-c2nc3ccccc3s2)o1. The highest BCUT2D eigenvalue weighted by atomic mass is 32.1. The standard InChI is InChI=1S/C14H11F3N2OS/c15-14(16,17)8-18-7-9-5-6-11(20-9)13-19-10-3-1-2-4-12(10)21-13/h1-6,18H,7-8H2. The molecule has 0 aliphatic heterocycles. The van der Waals surface area contributed by atoms with Gasteiger partial charge in [0.05, 0.1) is 23.3 Å². The summed E-state index contributed by atoms with van der Waals surface area (Å²) in [6.07, 6.45) is -4.22. The Morgan fingerprint density at radius 1 is 1.14 bits per heavy atom. The molecule has 0 saturated heterocycles. The molecule has 0 amide bonds. The van der Waals surface area contributed by atoms with Crippen LogP contribution in [-0.2, 0) is 6.54 Å². The van der Waals surface area contributed by atoms with E-state index < -0.39 is 12.7 Å². The smallest absolute Gasteiger partial charge is 0.401 e. The fraction of sp³-hybridized carbons (Fsp3) is 0.214. The molecule has 0 aliphatic carbocycles. The number of rotatable bonds is 4. The number of aromatic nitrogens is 1. The maximum Gasteiger partial charge on any atom is 0.401 e. The first-order chi connectivity index (χ1) is 10.0. The van der Waals surface area contributed by atoms with Crippen molar-refractivity contribution in [1.82, 2.24) is 10.3 Å². The number of nitrogens with one attached hydrogen (secondary N) is 1. The summed E-state index contributed by atoms with van der Waals surface area (Å²) in [4.78, 5) is 4.44. The van der Waals surface area contributed by atoms with Crippen molar-refractivity contribution < 1.29 is 17.6 Å². The normalized spacial score (nSPS) is 12.1. The summed E-state index contributed by atoms with van der Waals surface area (Å²) in [5, 5.41) is 3.02. The first kappa shape index (κ1) is 14.1. The lowest BCUT2D eigenvalue weighted by Gasteiger charge is -2.06. The lowest BCUT2D eigenvalue weighted by atomic mass is 10.3. The van der Waals surface area contributed by atoms with Gasteiger partial charge >= 0.3 is 6.18 Å². The van der Waals surface area contributed by atoms with Gasteiger partial charge in [-0.25, -0.2) is 4.98 Å². The number of fused-ring (bicyclic) bond motifs is 1. The summed E-state index contributed by atoms with van der Waals surface area (Å²) in [7, 11) is 0. The first-order valence-corrected chi connectivity index (χ1v) is 7.05. The van der Waals surface area contributed by atoms with E-state index in [1.807, 2.05) is 24.3 Å². The molecular weight excluding hydrogens is 301 g/mol. The molecule has 21 heavy (non-hydrogen) atoms. The maximum absolute atomic E-state index is 12.0. The molecule has 0 atom stereocenters. The van der Waals surface area contributed by atoms with Crippen LogP contribution in [0.15, 0.2) is 40.8 Å². The highest BCUT2D eigenvalue weighted by Crippen LogP contribution is 2.31. The second kappa shape index (κ2) is 5.50. The van der Waals surface area contributed by atoms with Gasteiger partial charge in [0.1, 0.15) is 5.76 Å². The van der Waals surface area contributed by atoms with Crippen LogP contribution in [0.1, 0.15) is 5.76 Å². The minimum Gasteiger partial charge on any atom is -0.457 e. The summed E-state index contributed by atoms with van der Waals surface area (Å²) in [6.45, 7) is -1.01. The third kappa shape index (κ3) is 3.43. The molecule has 110 valence electrons. The third-order valence-electron chi connectivity index (χ3n) is 2.79. The van der Waals surface area contributed by atoms with Crippen molar-refractivity contribution in [2.45, 2.75) is 12.7 Å². The van der Waals surface area contributed by atoms with E-state index in [1.54, 1.807) is 12.1 Å². The second-order valence-corrected chi connectivity index (χ2v) is 5.50. The quantitative estimate of drug-likeness (QED) is 0.784. The van der Waals surface area contributed by atoms with Crippen LogP contribution in [0.3, 0.4) is 0 Å². The van der Waals surface area contributed by atoms with Gasteiger partial charge in [0.15, 0.2) is 10.8 Å². The van der Waals surface area contributed by atoms with Crippen molar-refractivity contribution in [2.24, 2.45) is 0 Å². The van der Waals surface area contributed by atoms with Gasteiger partial charge in [-0.2, -0.15) is 13.2 Å². The lowest BCUT2D eigenvalue weighted by molar-refractivity contribution is -0.125. The van der Waals surface area contributed by atoms with E-state index in [-0.39, 0.29) is 6.54 Å². The first-order valence-electron chi connectivity index (χ1n) is 6.23. The molecule has 3 nitrogen and oxygen atoms in total. The van der Waals surface area contributed by atoms with Crippen molar-refractivity contribution in [3.05, 3.63) is 42.2 Å². The van der Waals surface area contributed by atoms with Crippen LogP contribution in [0.2, 0.25) is 0 Å². The zero-order valence-corrected chi connectivity index (χ0v) is 11.6. The highest BCUT2D eigenvalue weighted by molar-refractivity contribution is 7.21. The van der Waals surface area contributed by atoms with Crippen LogP contribution >= 0.6 is 11.3 Å². The van der Waals surface area contributed by atoms with Crippen molar-refractivity contribution >= 4 is 21.6 Å². The van der Waals surface area contributed by atoms with Crippen molar-refractivity contribution in [3.8, 4) is 10.8 Å². The minimum absolute atomic E-state index is 0.0321. The number of furan rings is 1. The maximum atomic E-state index is 12.0. The van der Waals surface area contributed by atoms with E-state index in [2.05, 4.69) is 10.3 Å². The molecule has 1 aromatic carbocycles. The second-order valence-electron chi connectivity index (χ2n) is 4.47. The molecule has 3 rings (SSSR count). The van der Waals surface area contributed by atoms with Gasteiger partial charge in [-0.1, -0.05) is 12.1 Å². The summed E-state index contributed by atoms with van der Waals surface area (Å²) < 4.78 is 42.7. The fourth-order valence-electron chi connectivity index (χ4n) is 1.89. The van der Waals surface area contributed by atoms with Crippen LogP contribution < -0.4 is 5.32 Å². The van der Waals surface area contributed by atoms with Gasteiger partial charge < -0.3 is 9.73 Å². The monoisotopic (exact) mass is 312 g/mol. The molecule has 2 aromatic heterocycles. The van der Waals surface area contributed by atoms with Crippen molar-refractivity contribution in [1.29, 1.82) is 0 Å². The van der Waals surface area contributed by atoms with Gasteiger partial charge in [0.25, 0.3) is 0 Å². The van der Waals surface area contributed by atoms with Gasteiger partial charge in [-0.15, -0.1) is 11.3 Å². The lowest BCUT2D eigenvalue weighted by Crippen LogP contribution is -2.28. The Balaban J connectivity index is 1.72. The number of thiazole rings is 1. The van der Waals surface area contributed by atoms with Crippen molar-refractivity contribution in [2.75, 3.05) is 6.54 Å². The molecule has 2 heterocycles. The van der Waals surface area contributed by atoms with Gasteiger partial charge in [0, 0.05) is 0 Å². The Labute approximate surface area is 122 Å². The fourth-order valence-corrected chi connectivity index (χ4v) is 2.82. The van der Waals surface area contributed by atoms with Crippen LogP contribution in [0.25, 0.3) is 21.0 Å². The van der Waals surface area contributed by atoms with E-state index in [9.17, 15) is 13.2 Å². The van der Waals surface area contributed by atoms with E-state index in [0.29, 0.717) is 11.5 Å². The molecule has 7 heteroatoms. The summed E-state index contributed by atoms with van der Waals surface area (Å²) in [5.41, 5.74) is 0.880. The number of nitrogens with zero attached hydrogens (tertiary/aromatic N) is 1. The number of alkyl halides is 3. The van der Waals surface area contributed by atoms with Crippen LogP contribution in [0, 0.1) is 0 Å². The summed E-state index contributed by atoms with van der Waals surface area (Å²) in [6, 6.07) is 11.1.